The number of ether oxygens (including phenoxy) is 3. The van der Waals surface area contributed by atoms with Crippen molar-refractivity contribution in [1.29, 1.82) is 0 Å². The van der Waals surface area contributed by atoms with Crippen LogP contribution in [0.4, 0.5) is 0 Å². The molecule has 27 heavy (non-hydrogen) atoms. The number of esters is 1. The third-order valence-corrected chi connectivity index (χ3v) is 5.23. The van der Waals surface area contributed by atoms with Crippen molar-refractivity contribution >= 4 is 28.8 Å². The Labute approximate surface area is 162 Å². The molecule has 1 saturated heterocycles. The van der Waals surface area contributed by atoms with E-state index in [1.807, 2.05) is 19.1 Å². The van der Waals surface area contributed by atoms with Gasteiger partial charge in [-0.05, 0) is 26.8 Å². The van der Waals surface area contributed by atoms with Crippen LogP contribution in [-0.4, -0.2) is 48.0 Å². The highest BCUT2D eigenvalue weighted by molar-refractivity contribution is 8.15. The fourth-order valence-electron chi connectivity index (χ4n) is 3.21. The first kappa shape index (κ1) is 19.3. The van der Waals surface area contributed by atoms with Crippen LogP contribution in [0.1, 0.15) is 32.4 Å². The summed E-state index contributed by atoms with van der Waals surface area (Å²) in [4.78, 5) is 31.4. The molecule has 3 rings (SSSR count). The standard InChI is InChI=1S/C19H22N2O5S/c1-5-25-17-12(8-7-9-13(17)24-4)16-15(18(23)26-6-2)11(3)20-19-21(16)14(22)10-27-19/h7-9,16H,5-6,10H2,1-4H3. The second kappa shape index (κ2) is 8.04. The topological polar surface area (TPSA) is 77.4 Å². The molecule has 8 heteroatoms. The molecule has 2 aliphatic heterocycles. The lowest BCUT2D eigenvalue weighted by Crippen LogP contribution is -2.39. The van der Waals surface area contributed by atoms with Gasteiger partial charge in [0, 0.05) is 5.56 Å². The van der Waals surface area contributed by atoms with Crippen LogP contribution >= 0.6 is 11.8 Å². The number of benzene rings is 1. The normalized spacial score (nSPS) is 19.0. The summed E-state index contributed by atoms with van der Waals surface area (Å²) in [5.41, 5.74) is 1.55. The van der Waals surface area contributed by atoms with E-state index in [1.54, 1.807) is 31.9 Å². The maximum atomic E-state index is 12.7. The Morgan fingerprint density at radius 1 is 1.33 bits per heavy atom. The maximum Gasteiger partial charge on any atom is 0.338 e. The molecule has 1 atom stereocenters. The Kier molecular flexibility index (Phi) is 5.74. The number of amides is 1. The predicted octanol–water partition coefficient (Wildman–Crippen LogP) is 2.92. The number of hydrogen-bond donors (Lipinski definition) is 0. The molecule has 0 bridgehead atoms. The number of thioether (sulfide) groups is 1. The monoisotopic (exact) mass is 390 g/mol. The van der Waals surface area contributed by atoms with E-state index in [4.69, 9.17) is 14.2 Å². The van der Waals surface area contributed by atoms with Gasteiger partial charge >= 0.3 is 5.97 Å². The second-order valence-electron chi connectivity index (χ2n) is 5.88. The molecule has 0 N–H and O–H groups in total. The average Bonchev–Trinajstić information content (AvgIpc) is 3.01. The number of carbonyl (C=O) groups excluding carboxylic acids is 2. The maximum absolute atomic E-state index is 12.7. The Hall–Kier alpha value is -2.48. The Balaban J connectivity index is 2.22. The van der Waals surface area contributed by atoms with Gasteiger partial charge < -0.3 is 14.2 Å². The third-order valence-electron chi connectivity index (χ3n) is 4.29. The summed E-state index contributed by atoms with van der Waals surface area (Å²) in [5, 5.41) is 0.584. The zero-order valence-electron chi connectivity index (χ0n) is 15.8. The largest absolute Gasteiger partial charge is 0.493 e. The SMILES string of the molecule is CCOC(=O)C1=C(C)N=C2SCC(=O)N2C1c1cccc(OC)c1OCC. The summed E-state index contributed by atoms with van der Waals surface area (Å²) >= 11 is 1.36. The van der Waals surface area contributed by atoms with Crippen molar-refractivity contribution in [3.63, 3.8) is 0 Å². The van der Waals surface area contributed by atoms with Gasteiger partial charge in [-0.15, -0.1) is 0 Å². The lowest BCUT2D eigenvalue weighted by Gasteiger charge is -2.33. The molecule has 1 fully saturated rings. The smallest absolute Gasteiger partial charge is 0.338 e. The highest BCUT2D eigenvalue weighted by atomic mass is 32.2. The number of amidine groups is 1. The summed E-state index contributed by atoms with van der Waals surface area (Å²) in [7, 11) is 1.56. The van der Waals surface area contributed by atoms with Gasteiger partial charge in [0.25, 0.3) is 0 Å². The minimum Gasteiger partial charge on any atom is -0.493 e. The van der Waals surface area contributed by atoms with Crippen LogP contribution in [-0.2, 0) is 14.3 Å². The van der Waals surface area contributed by atoms with Gasteiger partial charge in [0.05, 0.1) is 37.3 Å². The van der Waals surface area contributed by atoms with E-state index in [-0.39, 0.29) is 18.3 Å². The van der Waals surface area contributed by atoms with E-state index in [0.29, 0.717) is 40.1 Å². The highest BCUT2D eigenvalue weighted by Crippen LogP contribution is 2.46. The van der Waals surface area contributed by atoms with Crippen molar-refractivity contribution in [1.82, 2.24) is 4.90 Å². The number of hydrogen-bond acceptors (Lipinski definition) is 7. The van der Waals surface area contributed by atoms with Gasteiger partial charge in [0.2, 0.25) is 5.91 Å². The molecule has 0 saturated carbocycles. The number of nitrogens with zero attached hydrogens (tertiary/aromatic N) is 2. The predicted molar refractivity (Wildman–Crippen MR) is 103 cm³/mol. The van der Waals surface area contributed by atoms with E-state index in [1.165, 1.54) is 11.8 Å². The van der Waals surface area contributed by atoms with Crippen molar-refractivity contribution in [2.75, 3.05) is 26.1 Å². The first-order chi connectivity index (χ1) is 13.0. The number of rotatable bonds is 6. The number of carbonyl (C=O) groups is 2. The van der Waals surface area contributed by atoms with Gasteiger partial charge in [-0.1, -0.05) is 23.9 Å². The number of para-hydroxylation sites is 1. The molecule has 0 aromatic heterocycles. The summed E-state index contributed by atoms with van der Waals surface area (Å²) in [5.74, 6) is 0.736. The molecular weight excluding hydrogens is 368 g/mol. The fourth-order valence-corrected chi connectivity index (χ4v) is 4.15. The minimum absolute atomic E-state index is 0.108. The summed E-state index contributed by atoms with van der Waals surface area (Å²) in [6.07, 6.45) is 0. The summed E-state index contributed by atoms with van der Waals surface area (Å²) in [6.45, 7) is 6.02. The number of methoxy groups -OCH3 is 1. The van der Waals surface area contributed by atoms with Crippen molar-refractivity contribution < 1.29 is 23.8 Å². The van der Waals surface area contributed by atoms with Gasteiger partial charge in [-0.25, -0.2) is 9.79 Å². The van der Waals surface area contributed by atoms with Gasteiger partial charge in [-0.2, -0.15) is 0 Å². The summed E-state index contributed by atoms with van der Waals surface area (Å²) < 4.78 is 16.5. The molecule has 2 heterocycles. The summed E-state index contributed by atoms with van der Waals surface area (Å²) in [6, 6.07) is 4.77. The van der Waals surface area contributed by atoms with Crippen molar-refractivity contribution in [3.8, 4) is 11.5 Å². The van der Waals surface area contributed by atoms with Gasteiger partial charge in [-0.3, -0.25) is 9.69 Å². The Morgan fingerprint density at radius 2 is 2.11 bits per heavy atom. The third kappa shape index (κ3) is 3.41. The fraction of sp³-hybridized carbons (Fsp3) is 0.421. The highest BCUT2D eigenvalue weighted by Gasteiger charge is 2.44. The molecule has 0 spiro atoms. The lowest BCUT2D eigenvalue weighted by molar-refractivity contribution is -0.139. The van der Waals surface area contributed by atoms with Crippen molar-refractivity contribution in [2.45, 2.75) is 26.8 Å². The van der Waals surface area contributed by atoms with Crippen LogP contribution in [0.15, 0.2) is 34.5 Å². The quantitative estimate of drug-likeness (QED) is 0.695. The van der Waals surface area contributed by atoms with Gasteiger partial charge in [0.1, 0.15) is 6.04 Å². The van der Waals surface area contributed by atoms with Crippen LogP contribution in [0, 0.1) is 0 Å². The first-order valence-corrected chi connectivity index (χ1v) is 9.73. The molecule has 1 amide bonds. The van der Waals surface area contributed by atoms with Crippen molar-refractivity contribution in [3.05, 3.63) is 35.0 Å². The van der Waals surface area contributed by atoms with Crippen LogP contribution in [0.2, 0.25) is 0 Å². The molecular formula is C19H22N2O5S. The van der Waals surface area contributed by atoms with Crippen LogP contribution < -0.4 is 9.47 Å². The molecule has 144 valence electrons. The number of allylic oxidation sites excluding steroid dienone is 1. The molecule has 2 aliphatic rings. The van der Waals surface area contributed by atoms with E-state index in [9.17, 15) is 9.59 Å². The Bertz CT molecular complexity index is 833. The van der Waals surface area contributed by atoms with E-state index in [0.717, 1.165) is 0 Å². The zero-order chi connectivity index (χ0) is 19.6. The zero-order valence-corrected chi connectivity index (χ0v) is 16.6. The molecule has 1 aromatic carbocycles. The molecule has 7 nitrogen and oxygen atoms in total. The molecule has 1 unspecified atom stereocenters. The number of aliphatic imine (C=N–C) groups is 1. The first-order valence-electron chi connectivity index (χ1n) is 8.74. The van der Waals surface area contributed by atoms with Crippen LogP contribution in [0.3, 0.4) is 0 Å². The van der Waals surface area contributed by atoms with Gasteiger partial charge in [0.15, 0.2) is 16.7 Å². The van der Waals surface area contributed by atoms with E-state index in [2.05, 4.69) is 4.99 Å². The van der Waals surface area contributed by atoms with Crippen LogP contribution in [0.25, 0.3) is 0 Å². The van der Waals surface area contributed by atoms with Crippen molar-refractivity contribution in [2.24, 2.45) is 4.99 Å². The number of fused-ring (bicyclic) bond motifs is 1. The minimum atomic E-state index is -0.671. The molecule has 0 radical (unpaired) electrons. The van der Waals surface area contributed by atoms with Crippen LogP contribution in [0.5, 0.6) is 11.5 Å². The van der Waals surface area contributed by atoms with E-state index < -0.39 is 12.0 Å². The van der Waals surface area contributed by atoms with E-state index >= 15 is 0 Å². The second-order valence-corrected chi connectivity index (χ2v) is 6.82. The Morgan fingerprint density at radius 3 is 2.78 bits per heavy atom. The molecule has 0 aliphatic carbocycles. The lowest BCUT2D eigenvalue weighted by atomic mass is 9.93. The molecule has 1 aromatic rings. The average molecular weight is 390 g/mol.